The van der Waals surface area contributed by atoms with Gasteiger partial charge in [-0.25, -0.2) is 4.99 Å². The van der Waals surface area contributed by atoms with Crippen LogP contribution in [0.15, 0.2) is 80.8 Å². The Bertz CT molecular complexity index is 1210. The van der Waals surface area contributed by atoms with Gasteiger partial charge in [0.2, 0.25) is 5.55 Å². The van der Waals surface area contributed by atoms with Crippen molar-refractivity contribution < 1.29 is 18.7 Å². The van der Waals surface area contributed by atoms with E-state index >= 15 is 0 Å². The Morgan fingerprint density at radius 1 is 1.10 bits per heavy atom. The van der Waals surface area contributed by atoms with Crippen LogP contribution in [0.25, 0.3) is 11.0 Å². The van der Waals surface area contributed by atoms with E-state index in [4.69, 9.17) is 8.83 Å². The second-order valence-electron chi connectivity index (χ2n) is 6.58. The lowest BCUT2D eigenvalue weighted by Crippen LogP contribution is -2.28. The predicted octanol–water partition coefficient (Wildman–Crippen LogP) is 4.46. The summed E-state index contributed by atoms with van der Waals surface area (Å²) in [6.07, 6.45) is 2.49. The Morgan fingerprint density at radius 2 is 1.93 bits per heavy atom. The zero-order valence-corrected chi connectivity index (χ0v) is 15.9. The number of nitrogens with zero attached hydrogens (tertiary/aromatic N) is 1. The van der Waals surface area contributed by atoms with Gasteiger partial charge < -0.3 is 19.3 Å². The summed E-state index contributed by atoms with van der Waals surface area (Å²) >= 11 is 0. The monoisotopic (exact) mass is 388 g/mol. The molecule has 0 aliphatic heterocycles. The van der Waals surface area contributed by atoms with Gasteiger partial charge in [0.1, 0.15) is 22.7 Å². The molecule has 4 rings (SSSR count). The molecule has 4 aromatic rings. The highest BCUT2D eigenvalue weighted by atomic mass is 16.3. The molecule has 0 fully saturated rings. The average Bonchev–Trinajstić information content (AvgIpc) is 3.26. The molecule has 146 valence electrons. The van der Waals surface area contributed by atoms with Crippen molar-refractivity contribution in [3.05, 3.63) is 89.4 Å². The summed E-state index contributed by atoms with van der Waals surface area (Å²) in [7, 11) is 0. The van der Waals surface area contributed by atoms with Crippen LogP contribution in [0.5, 0.6) is 5.75 Å². The van der Waals surface area contributed by atoms with Crippen LogP contribution >= 0.6 is 0 Å². The van der Waals surface area contributed by atoms with E-state index in [0.29, 0.717) is 28.0 Å². The average molecular weight is 388 g/mol. The van der Waals surface area contributed by atoms with Crippen molar-refractivity contribution >= 4 is 22.6 Å². The SMILES string of the molecule is CCc1ccc(N=c2oc3cc(O)ccc3cc2C(=O)NCc2ccco2)cc1. The molecule has 6 nitrogen and oxygen atoms in total. The first kappa shape index (κ1) is 18.6. The van der Waals surface area contributed by atoms with Crippen LogP contribution < -0.4 is 10.9 Å². The van der Waals surface area contributed by atoms with Gasteiger partial charge in [-0.2, -0.15) is 0 Å². The van der Waals surface area contributed by atoms with Gasteiger partial charge in [-0.3, -0.25) is 4.79 Å². The van der Waals surface area contributed by atoms with E-state index in [2.05, 4.69) is 17.2 Å². The largest absolute Gasteiger partial charge is 0.508 e. The topological polar surface area (TPSA) is 88.0 Å². The van der Waals surface area contributed by atoms with E-state index < -0.39 is 0 Å². The number of fused-ring (bicyclic) bond motifs is 1. The molecule has 29 heavy (non-hydrogen) atoms. The second-order valence-corrected chi connectivity index (χ2v) is 6.58. The number of nitrogens with one attached hydrogen (secondary N) is 1. The fraction of sp³-hybridized carbons (Fsp3) is 0.130. The Labute approximate surface area is 167 Å². The molecule has 2 aromatic carbocycles. The van der Waals surface area contributed by atoms with Gasteiger partial charge in [-0.15, -0.1) is 0 Å². The summed E-state index contributed by atoms with van der Waals surface area (Å²) in [6, 6.07) is 17.7. The van der Waals surface area contributed by atoms with Gasteiger partial charge in [-0.05, 0) is 54.4 Å². The highest BCUT2D eigenvalue weighted by molar-refractivity contribution is 5.96. The van der Waals surface area contributed by atoms with Gasteiger partial charge in [0.15, 0.2) is 0 Å². The Balaban J connectivity index is 1.77. The van der Waals surface area contributed by atoms with E-state index in [1.54, 1.807) is 36.6 Å². The lowest BCUT2D eigenvalue weighted by atomic mass is 10.1. The van der Waals surface area contributed by atoms with Gasteiger partial charge in [0.25, 0.3) is 5.91 Å². The van der Waals surface area contributed by atoms with Crippen molar-refractivity contribution in [2.75, 3.05) is 0 Å². The maximum atomic E-state index is 12.8. The molecule has 2 N–H and O–H groups in total. The van der Waals surface area contributed by atoms with E-state index in [1.165, 1.54) is 11.6 Å². The minimum Gasteiger partial charge on any atom is -0.508 e. The van der Waals surface area contributed by atoms with Crippen molar-refractivity contribution in [3.63, 3.8) is 0 Å². The standard InChI is InChI=1S/C23H20N2O4/c1-2-15-5-8-17(9-6-15)25-23-20(22(27)24-14-19-4-3-11-28-19)12-16-7-10-18(26)13-21(16)29-23/h3-13,26H,2,14H2,1H3,(H,24,27). The van der Waals surface area contributed by atoms with Crippen LogP contribution in [-0.2, 0) is 13.0 Å². The van der Waals surface area contributed by atoms with Crippen LogP contribution in [0.4, 0.5) is 5.69 Å². The zero-order chi connectivity index (χ0) is 20.2. The summed E-state index contributed by atoms with van der Waals surface area (Å²) in [5.41, 5.74) is 2.78. The van der Waals surface area contributed by atoms with E-state index in [1.807, 2.05) is 24.3 Å². The molecule has 2 aromatic heterocycles. The third-order valence-corrected chi connectivity index (χ3v) is 4.56. The Morgan fingerprint density at radius 3 is 2.66 bits per heavy atom. The third-order valence-electron chi connectivity index (χ3n) is 4.56. The molecule has 2 heterocycles. The predicted molar refractivity (Wildman–Crippen MR) is 109 cm³/mol. The summed E-state index contributed by atoms with van der Waals surface area (Å²) in [6.45, 7) is 2.34. The maximum absolute atomic E-state index is 12.8. The van der Waals surface area contributed by atoms with Crippen molar-refractivity contribution in [2.24, 2.45) is 4.99 Å². The van der Waals surface area contributed by atoms with Crippen LogP contribution in [0.1, 0.15) is 28.6 Å². The van der Waals surface area contributed by atoms with E-state index in [9.17, 15) is 9.90 Å². The van der Waals surface area contributed by atoms with Crippen LogP contribution in [0, 0.1) is 0 Å². The zero-order valence-electron chi connectivity index (χ0n) is 15.9. The normalized spacial score (nSPS) is 11.7. The summed E-state index contributed by atoms with van der Waals surface area (Å²) in [5, 5.41) is 13.3. The molecule has 0 saturated heterocycles. The first-order valence-electron chi connectivity index (χ1n) is 9.33. The highest BCUT2D eigenvalue weighted by Crippen LogP contribution is 2.20. The fourth-order valence-corrected chi connectivity index (χ4v) is 2.95. The second kappa shape index (κ2) is 8.06. The van der Waals surface area contributed by atoms with E-state index in [-0.39, 0.29) is 23.8 Å². The van der Waals surface area contributed by atoms with Gasteiger partial charge in [-0.1, -0.05) is 19.1 Å². The first-order valence-corrected chi connectivity index (χ1v) is 9.33. The number of aryl methyl sites for hydroxylation is 1. The number of phenolic OH excluding ortho intramolecular Hbond substituents is 1. The molecule has 0 saturated carbocycles. The molecule has 0 aliphatic carbocycles. The number of amides is 1. The van der Waals surface area contributed by atoms with Gasteiger partial charge in [0.05, 0.1) is 18.5 Å². The first-order chi connectivity index (χ1) is 14.1. The van der Waals surface area contributed by atoms with Gasteiger partial charge >= 0.3 is 0 Å². The molecule has 0 spiro atoms. The van der Waals surface area contributed by atoms with Crippen LogP contribution in [0.3, 0.4) is 0 Å². The number of aromatic hydroxyl groups is 1. The molecular weight excluding hydrogens is 368 g/mol. The number of benzene rings is 2. The maximum Gasteiger partial charge on any atom is 0.257 e. The number of hydrogen-bond donors (Lipinski definition) is 2. The number of carbonyl (C=O) groups excluding carboxylic acids is 1. The molecular formula is C23H20N2O4. The van der Waals surface area contributed by atoms with Crippen LogP contribution in [0.2, 0.25) is 0 Å². The molecule has 0 aliphatic rings. The van der Waals surface area contributed by atoms with Gasteiger partial charge in [0, 0.05) is 11.5 Å². The van der Waals surface area contributed by atoms with Crippen molar-refractivity contribution in [2.45, 2.75) is 19.9 Å². The minimum absolute atomic E-state index is 0.0783. The minimum atomic E-state index is -0.330. The Hall–Kier alpha value is -3.80. The molecule has 6 heteroatoms. The lowest BCUT2D eigenvalue weighted by Gasteiger charge is -2.06. The smallest absolute Gasteiger partial charge is 0.257 e. The van der Waals surface area contributed by atoms with E-state index in [0.717, 1.165) is 6.42 Å². The summed E-state index contributed by atoms with van der Waals surface area (Å²) in [5.74, 6) is 0.396. The van der Waals surface area contributed by atoms with Crippen LogP contribution in [-0.4, -0.2) is 11.0 Å². The number of furan rings is 1. The molecule has 0 unspecified atom stereocenters. The number of carbonyl (C=O) groups is 1. The molecule has 1 amide bonds. The fourth-order valence-electron chi connectivity index (χ4n) is 2.95. The van der Waals surface area contributed by atoms with Crippen molar-refractivity contribution in [1.82, 2.24) is 5.32 Å². The number of phenols is 1. The lowest BCUT2D eigenvalue weighted by molar-refractivity contribution is 0.0944. The number of hydrogen-bond acceptors (Lipinski definition) is 5. The summed E-state index contributed by atoms with van der Waals surface area (Å²) < 4.78 is 11.1. The molecule has 0 radical (unpaired) electrons. The molecule has 0 bridgehead atoms. The quantitative estimate of drug-likeness (QED) is 0.528. The number of rotatable bonds is 5. The van der Waals surface area contributed by atoms with Crippen molar-refractivity contribution in [1.29, 1.82) is 0 Å². The highest BCUT2D eigenvalue weighted by Gasteiger charge is 2.13. The Kier molecular flexibility index (Phi) is 5.16. The third kappa shape index (κ3) is 4.21. The molecule has 0 atom stereocenters. The summed E-state index contributed by atoms with van der Waals surface area (Å²) in [4.78, 5) is 17.4. The van der Waals surface area contributed by atoms with Crippen molar-refractivity contribution in [3.8, 4) is 5.75 Å².